The minimum atomic E-state index is -2.27. The van der Waals surface area contributed by atoms with Crippen LogP contribution in [0.4, 0.5) is 22.7 Å². The van der Waals surface area contributed by atoms with Gasteiger partial charge in [-0.2, -0.15) is 20.5 Å². The first kappa shape index (κ1) is 70.8. The molecule has 0 aromatic heterocycles. The molecular weight excluding hydrogens is 1250 g/mol. The monoisotopic (exact) mass is 1330 g/mol. The summed E-state index contributed by atoms with van der Waals surface area (Å²) in [6, 6.07) is 15.5. The van der Waals surface area contributed by atoms with Crippen molar-refractivity contribution in [2.24, 2.45) is 20.5 Å². The normalized spacial score (nSPS) is 42.7. The van der Waals surface area contributed by atoms with Gasteiger partial charge in [-0.05, 0) is 85.6 Å². The van der Waals surface area contributed by atoms with Crippen LogP contribution >= 0.6 is 0 Å². The summed E-state index contributed by atoms with van der Waals surface area (Å²) < 4.78 is 75.3. The molecule has 30 atom stereocenters. The lowest BCUT2D eigenvalue weighted by molar-refractivity contribution is -0.404. The van der Waals surface area contributed by atoms with Crippen molar-refractivity contribution in [3.8, 4) is 5.75 Å². The van der Waals surface area contributed by atoms with Gasteiger partial charge in [0.2, 0.25) is 0 Å². The maximum absolute atomic E-state index is 13.7. The van der Waals surface area contributed by atoms with Crippen LogP contribution in [0.5, 0.6) is 5.75 Å². The highest BCUT2D eigenvalue weighted by molar-refractivity contribution is 5.89. The van der Waals surface area contributed by atoms with Gasteiger partial charge in [0.1, 0.15) is 159 Å². The minimum Gasteiger partial charge on any atom is -0.507 e. The van der Waals surface area contributed by atoms with Crippen LogP contribution in [-0.4, -0.2) is 322 Å². The van der Waals surface area contributed by atoms with Crippen LogP contribution in [0.3, 0.4) is 0 Å². The molecule has 12 bridgehead atoms. The zero-order valence-corrected chi connectivity index (χ0v) is 49.4. The average molecular weight is 1330 g/mol. The molecule has 25 rings (SSSR count). The van der Waals surface area contributed by atoms with Crippen LogP contribution in [0, 0.1) is 13.8 Å². The van der Waals surface area contributed by atoms with E-state index >= 15 is 0 Å². The second kappa shape index (κ2) is 30.6. The number of hydrogen-bond donors (Lipinski definition) is 18. The Bertz CT molecular complexity index is 2960. The molecule has 22 heterocycles. The molecule has 22 saturated heterocycles. The van der Waals surface area contributed by atoms with Crippen molar-refractivity contribution < 1.29 is 158 Å². The SMILES string of the molecule is Cc1cc(N=Nc2ccc(N=Nc3ccc(C(=O)OC[C@H]4O[C@@H]5O[C@H]6[C@H](O)[C@@H](O)[C@@H](O[C@H]7[C@H](O)[C@@H](O)[C@@H](O[C@H]8[C@H](O)[C@@H](O)[C@@H](O[C@H]9[C@H](O)[C@@H](O)[C@@H](O[C@H]%10[C@H](O)[C@@H](O)[C@@H](O[C@H]4[C@H](O)[C@H]5O)O[C@@H]%10CO)O[C@@H]9CO)O[C@@H]8CO)O[C@@H]7CO)O[C@@H]6CO)cc3)cc2)cc(C)c1O. The van der Waals surface area contributed by atoms with Crippen LogP contribution in [0.25, 0.3) is 0 Å². The van der Waals surface area contributed by atoms with Gasteiger partial charge in [0, 0.05) is 0 Å². The third kappa shape index (κ3) is 15.1. The van der Waals surface area contributed by atoms with Crippen molar-refractivity contribution in [2.45, 2.75) is 198 Å². The van der Waals surface area contributed by atoms with Crippen molar-refractivity contribution in [3.63, 3.8) is 0 Å². The molecule has 0 amide bonds. The number of carbonyl (C=O) groups is 1. The third-order valence-corrected chi connectivity index (χ3v) is 16.9. The largest absolute Gasteiger partial charge is 0.507 e. The molecule has 36 nitrogen and oxygen atoms in total. The first-order valence-electron chi connectivity index (χ1n) is 29.5. The maximum atomic E-state index is 13.7. The van der Waals surface area contributed by atoms with Crippen molar-refractivity contribution in [1.82, 2.24) is 0 Å². The average Bonchev–Trinajstić information content (AvgIpc) is 0.798. The van der Waals surface area contributed by atoms with Gasteiger partial charge in [0.25, 0.3) is 0 Å². The van der Waals surface area contributed by atoms with Gasteiger partial charge in [0.15, 0.2) is 37.7 Å². The molecule has 0 saturated carbocycles. The quantitative estimate of drug-likeness (QED) is 0.0593. The van der Waals surface area contributed by atoms with E-state index in [-0.39, 0.29) is 17.0 Å². The molecule has 0 unspecified atom stereocenters. The van der Waals surface area contributed by atoms with E-state index in [0.29, 0.717) is 28.2 Å². The molecule has 22 fully saturated rings. The number of aromatic hydroxyl groups is 1. The number of benzene rings is 3. The Morgan fingerprint density at radius 1 is 0.344 bits per heavy atom. The number of rotatable bonds is 12. The molecule has 3 aromatic rings. The highest BCUT2D eigenvalue weighted by Gasteiger charge is 2.59. The summed E-state index contributed by atoms with van der Waals surface area (Å²) in [4.78, 5) is 13.7. The second-order valence-electron chi connectivity index (χ2n) is 23.2. The zero-order valence-electron chi connectivity index (χ0n) is 49.4. The summed E-state index contributed by atoms with van der Waals surface area (Å²) in [7, 11) is 0. The Kier molecular flexibility index (Phi) is 23.3. The van der Waals surface area contributed by atoms with E-state index in [4.69, 9.17) is 61.6 Å². The highest BCUT2D eigenvalue weighted by Crippen LogP contribution is 2.39. The topological polar surface area (TPSA) is 551 Å². The van der Waals surface area contributed by atoms with Crippen molar-refractivity contribution >= 4 is 28.7 Å². The van der Waals surface area contributed by atoms with Gasteiger partial charge in [-0.15, -0.1) is 0 Å². The van der Waals surface area contributed by atoms with E-state index in [0.717, 1.165) is 0 Å². The van der Waals surface area contributed by atoms with E-state index < -0.39 is 230 Å². The van der Waals surface area contributed by atoms with Crippen LogP contribution in [0.1, 0.15) is 21.5 Å². The summed E-state index contributed by atoms with van der Waals surface area (Å²) in [5.74, 6) is -0.858. The standard InChI is InChI=1S/C57H76N4O32/c1-19-11-25(12-20(2)32(19)67)61-60-24-9-7-23(8-10-24)59-58-22-5-3-21(4-6-22)51(80)81-18-31-50-38(73)44(79)57(87-31)92-49-30(17-66)85-55(42(77)36(49)71)90-47-28(15-64)83-53(40(75)34(47)69)88-45-26(13-62)82-52(39(74)33(45)68)89-46-27(14-63)84-54(41(76)35(46)70)91-48-29(16-65)86-56(93-50)43(78)37(48)72/h3-12,26-31,33-50,52-57,62-79H,13-18H2,1-2H3/t26-,27-,28-,29-,30-,31-,33-,34-,35-,36-,37-,38-,39-,40-,41-,42-,43-,44-,45-,46-,47-,48-,49-,50-,52-,53-,54-,55-,56-,57-/m1/s1. The summed E-state index contributed by atoms with van der Waals surface area (Å²) >= 11 is 0. The second-order valence-corrected chi connectivity index (χ2v) is 23.2. The molecule has 0 radical (unpaired) electrons. The number of ether oxygens (including phenoxy) is 13. The molecule has 3 aromatic carbocycles. The fourth-order valence-electron chi connectivity index (χ4n) is 11.6. The van der Waals surface area contributed by atoms with Crippen LogP contribution in [0.15, 0.2) is 81.1 Å². The number of phenols is 1. The Balaban J connectivity index is 0.893. The van der Waals surface area contributed by atoms with Crippen LogP contribution in [0.2, 0.25) is 0 Å². The molecule has 93 heavy (non-hydrogen) atoms. The number of aryl methyl sites for hydroxylation is 2. The number of hydrogen-bond acceptors (Lipinski definition) is 36. The van der Waals surface area contributed by atoms with Gasteiger partial charge >= 0.3 is 5.97 Å². The van der Waals surface area contributed by atoms with E-state index in [2.05, 4.69) is 20.5 Å². The molecule has 0 spiro atoms. The number of nitrogens with zero attached hydrogens (tertiary/aromatic N) is 4. The van der Waals surface area contributed by atoms with Crippen molar-refractivity contribution in [3.05, 3.63) is 77.4 Å². The predicted octanol–water partition coefficient (Wildman–Crippen LogP) is -6.04. The smallest absolute Gasteiger partial charge is 0.338 e. The molecule has 36 heteroatoms. The fraction of sp³-hybridized carbons (Fsp3) is 0.667. The number of esters is 1. The van der Waals surface area contributed by atoms with Gasteiger partial charge in [0.05, 0.1) is 61.3 Å². The summed E-state index contributed by atoms with van der Waals surface area (Å²) in [5, 5.41) is 217. The zero-order chi connectivity index (χ0) is 66.9. The lowest BCUT2D eigenvalue weighted by Crippen LogP contribution is -2.69. The van der Waals surface area contributed by atoms with Crippen molar-refractivity contribution in [2.75, 3.05) is 39.6 Å². The molecule has 22 aliphatic rings. The van der Waals surface area contributed by atoms with E-state index in [1.165, 1.54) is 24.3 Å². The lowest BCUT2D eigenvalue weighted by Gasteiger charge is -2.50. The van der Waals surface area contributed by atoms with Crippen LogP contribution < -0.4 is 0 Å². The molecular formula is C57H76N4O32. The molecule has 516 valence electrons. The fourth-order valence-corrected chi connectivity index (χ4v) is 11.6. The Labute approximate surface area is 527 Å². The third-order valence-electron chi connectivity index (χ3n) is 16.9. The molecule has 0 aliphatic carbocycles. The summed E-state index contributed by atoms with van der Waals surface area (Å²) in [5.41, 5.74) is 2.98. The number of aliphatic hydroxyl groups excluding tert-OH is 17. The van der Waals surface area contributed by atoms with E-state index in [9.17, 15) is 96.7 Å². The number of azo groups is 2. The Morgan fingerprint density at radius 3 is 0.828 bits per heavy atom. The Hall–Kier alpha value is -5.03. The summed E-state index contributed by atoms with van der Waals surface area (Å²) in [6.45, 7) is -2.65. The number of phenolic OH excluding ortho intramolecular Hbond substituents is 1. The minimum absolute atomic E-state index is 0.0763. The Morgan fingerprint density at radius 2 is 0.570 bits per heavy atom. The van der Waals surface area contributed by atoms with E-state index in [1.54, 1.807) is 50.2 Å². The first-order valence-corrected chi connectivity index (χ1v) is 29.5. The first-order chi connectivity index (χ1) is 44.5. The predicted molar refractivity (Wildman–Crippen MR) is 298 cm³/mol. The van der Waals surface area contributed by atoms with Gasteiger partial charge in [-0.25, -0.2) is 4.79 Å². The van der Waals surface area contributed by atoms with Crippen molar-refractivity contribution in [1.29, 1.82) is 0 Å². The molecule has 22 aliphatic heterocycles. The maximum Gasteiger partial charge on any atom is 0.338 e. The van der Waals surface area contributed by atoms with Gasteiger partial charge in [-0.1, -0.05) is 0 Å². The van der Waals surface area contributed by atoms with E-state index in [1.807, 2.05) is 0 Å². The number of carbonyl (C=O) groups excluding carboxylic acids is 1. The van der Waals surface area contributed by atoms with Gasteiger partial charge < -0.3 is 153 Å². The number of aliphatic hydroxyl groups is 17. The van der Waals surface area contributed by atoms with Crippen LogP contribution in [-0.2, 0) is 61.6 Å². The summed E-state index contributed by atoms with van der Waals surface area (Å²) in [6.07, 6.45) is -60.9. The lowest BCUT2D eigenvalue weighted by atomic mass is 9.94. The van der Waals surface area contributed by atoms with Gasteiger partial charge in [-0.3, -0.25) is 0 Å². The highest BCUT2D eigenvalue weighted by atomic mass is 16.8. The molecule has 18 N–H and O–H groups in total.